The van der Waals surface area contributed by atoms with Gasteiger partial charge in [0.1, 0.15) is 6.33 Å². The van der Waals surface area contributed by atoms with E-state index in [1.807, 2.05) is 12.4 Å². The molecule has 2 heterocycles. The molecule has 1 unspecified atom stereocenters. The first kappa shape index (κ1) is 15.4. The SMILES string of the molecule is CCCNC(c1cncnc1)C(C)(C)N1CCOCC1. The Morgan fingerprint density at radius 3 is 2.55 bits per heavy atom. The molecule has 1 aliphatic heterocycles. The second-order valence-corrected chi connectivity index (χ2v) is 5.81. The first-order valence-corrected chi connectivity index (χ1v) is 7.47. The Kier molecular flexibility index (Phi) is 5.46. The van der Waals surface area contributed by atoms with Crippen molar-refractivity contribution in [3.8, 4) is 0 Å². The van der Waals surface area contributed by atoms with Crippen LogP contribution in [-0.2, 0) is 4.74 Å². The van der Waals surface area contributed by atoms with Crippen LogP contribution >= 0.6 is 0 Å². The number of hydrogen-bond donors (Lipinski definition) is 1. The second-order valence-electron chi connectivity index (χ2n) is 5.81. The van der Waals surface area contributed by atoms with Gasteiger partial charge in [0.25, 0.3) is 0 Å². The summed E-state index contributed by atoms with van der Waals surface area (Å²) in [6, 6.07) is 0.224. The van der Waals surface area contributed by atoms with Gasteiger partial charge in [-0.3, -0.25) is 4.90 Å². The van der Waals surface area contributed by atoms with Crippen molar-refractivity contribution in [2.24, 2.45) is 0 Å². The van der Waals surface area contributed by atoms with Gasteiger partial charge in [-0.25, -0.2) is 9.97 Å². The molecule has 5 heteroatoms. The zero-order valence-electron chi connectivity index (χ0n) is 12.8. The van der Waals surface area contributed by atoms with Crippen molar-refractivity contribution in [2.75, 3.05) is 32.8 Å². The molecule has 0 spiro atoms. The Bertz CT molecular complexity index is 390. The second kappa shape index (κ2) is 7.11. The van der Waals surface area contributed by atoms with Crippen LogP contribution in [0.4, 0.5) is 0 Å². The number of nitrogens with zero attached hydrogens (tertiary/aromatic N) is 3. The third-order valence-corrected chi connectivity index (χ3v) is 4.04. The highest BCUT2D eigenvalue weighted by Gasteiger charge is 2.37. The molecule has 0 amide bonds. The van der Waals surface area contributed by atoms with Gasteiger partial charge in [0.2, 0.25) is 0 Å². The molecule has 2 rings (SSSR count). The maximum absolute atomic E-state index is 5.47. The summed E-state index contributed by atoms with van der Waals surface area (Å²) in [5.41, 5.74) is 1.15. The average Bonchev–Trinajstić information content (AvgIpc) is 2.49. The van der Waals surface area contributed by atoms with Crippen LogP contribution in [0.25, 0.3) is 0 Å². The minimum Gasteiger partial charge on any atom is -0.379 e. The van der Waals surface area contributed by atoms with E-state index in [-0.39, 0.29) is 11.6 Å². The molecule has 1 fully saturated rings. The van der Waals surface area contributed by atoms with E-state index in [0.29, 0.717) is 0 Å². The van der Waals surface area contributed by atoms with Gasteiger partial charge in [-0.2, -0.15) is 0 Å². The molecule has 1 aromatic rings. The fraction of sp³-hybridized carbons (Fsp3) is 0.733. The minimum atomic E-state index is 0.00363. The molecule has 0 saturated carbocycles. The Morgan fingerprint density at radius 1 is 1.30 bits per heavy atom. The number of hydrogen-bond acceptors (Lipinski definition) is 5. The van der Waals surface area contributed by atoms with Gasteiger partial charge in [-0.1, -0.05) is 6.92 Å². The quantitative estimate of drug-likeness (QED) is 0.857. The van der Waals surface area contributed by atoms with Crippen molar-refractivity contribution < 1.29 is 4.74 Å². The number of rotatable bonds is 6. The highest BCUT2D eigenvalue weighted by molar-refractivity contribution is 5.16. The molecular formula is C15H26N4O. The van der Waals surface area contributed by atoms with E-state index >= 15 is 0 Å². The highest BCUT2D eigenvalue weighted by Crippen LogP contribution is 2.31. The van der Waals surface area contributed by atoms with Crippen LogP contribution in [-0.4, -0.2) is 53.3 Å². The fourth-order valence-corrected chi connectivity index (χ4v) is 2.85. The zero-order valence-corrected chi connectivity index (χ0v) is 12.8. The van der Waals surface area contributed by atoms with Crippen molar-refractivity contribution in [3.05, 3.63) is 24.3 Å². The van der Waals surface area contributed by atoms with Crippen LogP contribution in [0.3, 0.4) is 0 Å². The zero-order chi connectivity index (χ0) is 14.4. The minimum absolute atomic E-state index is 0.00363. The van der Waals surface area contributed by atoms with Gasteiger partial charge < -0.3 is 10.1 Å². The van der Waals surface area contributed by atoms with E-state index in [1.165, 1.54) is 0 Å². The summed E-state index contributed by atoms with van der Waals surface area (Å²) in [4.78, 5) is 10.9. The summed E-state index contributed by atoms with van der Waals surface area (Å²) in [6.07, 6.45) is 6.54. The van der Waals surface area contributed by atoms with E-state index in [9.17, 15) is 0 Å². The number of morpholine rings is 1. The Morgan fingerprint density at radius 2 is 1.95 bits per heavy atom. The van der Waals surface area contributed by atoms with E-state index in [1.54, 1.807) is 6.33 Å². The molecule has 0 aromatic carbocycles. The molecular weight excluding hydrogens is 252 g/mol. The lowest BCUT2D eigenvalue weighted by atomic mass is 9.87. The van der Waals surface area contributed by atoms with Crippen molar-refractivity contribution in [1.82, 2.24) is 20.2 Å². The lowest BCUT2D eigenvalue weighted by molar-refractivity contribution is -0.0238. The van der Waals surface area contributed by atoms with Crippen LogP contribution in [0.2, 0.25) is 0 Å². The predicted molar refractivity (Wildman–Crippen MR) is 79.5 cm³/mol. The maximum Gasteiger partial charge on any atom is 0.115 e. The van der Waals surface area contributed by atoms with Crippen molar-refractivity contribution in [1.29, 1.82) is 0 Å². The largest absolute Gasteiger partial charge is 0.379 e. The number of aromatic nitrogens is 2. The molecule has 5 nitrogen and oxygen atoms in total. The summed E-state index contributed by atoms with van der Waals surface area (Å²) in [5, 5.41) is 3.66. The highest BCUT2D eigenvalue weighted by atomic mass is 16.5. The van der Waals surface area contributed by atoms with Gasteiger partial charge in [-0.15, -0.1) is 0 Å². The van der Waals surface area contributed by atoms with Crippen LogP contribution in [0, 0.1) is 0 Å². The van der Waals surface area contributed by atoms with Gasteiger partial charge in [0.15, 0.2) is 0 Å². The summed E-state index contributed by atoms with van der Waals surface area (Å²) < 4.78 is 5.47. The number of nitrogens with one attached hydrogen (secondary N) is 1. The molecule has 1 saturated heterocycles. The molecule has 0 bridgehead atoms. The number of ether oxygens (including phenoxy) is 1. The summed E-state index contributed by atoms with van der Waals surface area (Å²) in [6.45, 7) is 11.3. The van der Waals surface area contributed by atoms with Crippen LogP contribution in [0.5, 0.6) is 0 Å². The predicted octanol–water partition coefficient (Wildman–Crippen LogP) is 1.63. The molecule has 0 aliphatic carbocycles. The molecule has 20 heavy (non-hydrogen) atoms. The van der Waals surface area contributed by atoms with Crippen molar-refractivity contribution in [2.45, 2.75) is 38.8 Å². The lowest BCUT2D eigenvalue weighted by Gasteiger charge is -2.46. The topological polar surface area (TPSA) is 50.3 Å². The monoisotopic (exact) mass is 278 g/mol. The van der Waals surface area contributed by atoms with E-state index < -0.39 is 0 Å². The van der Waals surface area contributed by atoms with Crippen LogP contribution in [0.15, 0.2) is 18.7 Å². The molecule has 1 aliphatic rings. The van der Waals surface area contributed by atoms with Gasteiger partial charge >= 0.3 is 0 Å². The summed E-state index contributed by atoms with van der Waals surface area (Å²) >= 11 is 0. The van der Waals surface area contributed by atoms with Crippen LogP contribution in [0.1, 0.15) is 38.8 Å². The molecule has 1 aromatic heterocycles. The van der Waals surface area contributed by atoms with Gasteiger partial charge in [-0.05, 0) is 26.8 Å². The maximum atomic E-state index is 5.47. The molecule has 112 valence electrons. The molecule has 0 radical (unpaired) electrons. The standard InChI is InChI=1S/C15H26N4O/c1-4-5-18-14(13-10-16-12-17-11-13)15(2,3)19-6-8-20-9-7-19/h10-12,14,18H,4-9H2,1-3H3. The Hall–Kier alpha value is -1.04. The molecule has 1 atom stereocenters. The summed E-state index contributed by atoms with van der Waals surface area (Å²) in [7, 11) is 0. The van der Waals surface area contributed by atoms with Gasteiger partial charge in [0, 0.05) is 36.6 Å². The Labute approximate surface area is 121 Å². The van der Waals surface area contributed by atoms with E-state index in [2.05, 4.69) is 41.0 Å². The van der Waals surface area contributed by atoms with E-state index in [0.717, 1.165) is 44.8 Å². The smallest absolute Gasteiger partial charge is 0.115 e. The van der Waals surface area contributed by atoms with Crippen molar-refractivity contribution >= 4 is 0 Å². The van der Waals surface area contributed by atoms with E-state index in [4.69, 9.17) is 4.74 Å². The Balaban J connectivity index is 2.19. The summed E-state index contributed by atoms with van der Waals surface area (Å²) in [5.74, 6) is 0. The van der Waals surface area contributed by atoms with Crippen LogP contribution < -0.4 is 5.32 Å². The fourth-order valence-electron chi connectivity index (χ4n) is 2.85. The third kappa shape index (κ3) is 3.53. The lowest BCUT2D eigenvalue weighted by Crippen LogP contribution is -2.56. The van der Waals surface area contributed by atoms with Gasteiger partial charge in [0.05, 0.1) is 19.3 Å². The first-order valence-electron chi connectivity index (χ1n) is 7.47. The first-order chi connectivity index (χ1) is 9.66. The van der Waals surface area contributed by atoms with Crippen molar-refractivity contribution in [3.63, 3.8) is 0 Å². The normalized spacial score (nSPS) is 18.9. The third-order valence-electron chi connectivity index (χ3n) is 4.04. The molecule has 1 N–H and O–H groups in total. The average molecular weight is 278 g/mol.